The monoisotopic (exact) mass is 484 g/mol. The lowest BCUT2D eigenvalue weighted by Crippen LogP contribution is -2.29. The van der Waals surface area contributed by atoms with Crippen LogP contribution in [0.15, 0.2) is 84.4 Å². The van der Waals surface area contributed by atoms with E-state index < -0.39 is 40.5 Å². The minimum atomic E-state index is -4.91. The molecule has 3 aromatic rings. The van der Waals surface area contributed by atoms with Gasteiger partial charge in [0.15, 0.2) is 0 Å². The summed E-state index contributed by atoms with van der Waals surface area (Å²) >= 11 is 0. The number of ketones is 1. The largest absolute Gasteiger partial charge is 0.573 e. The van der Waals surface area contributed by atoms with Crippen LogP contribution >= 0.6 is 0 Å². The van der Waals surface area contributed by atoms with Crippen molar-refractivity contribution >= 4 is 28.8 Å². The SMILES string of the molecule is O=C1C(=O)N(c2ccc(OC(F)(F)F)cc2)C(c2ccccc2)/C1=C(/O)c1cccc([N+](=O)[O-])c1. The second-order valence-corrected chi connectivity index (χ2v) is 7.43. The number of alkyl halides is 3. The molecule has 0 bridgehead atoms. The van der Waals surface area contributed by atoms with Crippen LogP contribution in [-0.2, 0) is 9.59 Å². The molecule has 1 fully saturated rings. The molecule has 1 aliphatic heterocycles. The molecule has 0 aromatic heterocycles. The van der Waals surface area contributed by atoms with E-state index in [1.165, 1.54) is 30.3 Å². The Hall–Kier alpha value is -4.67. The van der Waals surface area contributed by atoms with Gasteiger partial charge in [-0.05, 0) is 29.8 Å². The van der Waals surface area contributed by atoms with Crippen LogP contribution in [0.1, 0.15) is 17.2 Å². The summed E-state index contributed by atoms with van der Waals surface area (Å²) in [4.78, 5) is 37.6. The lowest BCUT2D eigenvalue weighted by Gasteiger charge is -2.25. The Morgan fingerprint density at radius 1 is 0.971 bits per heavy atom. The van der Waals surface area contributed by atoms with E-state index in [-0.39, 0.29) is 22.5 Å². The summed E-state index contributed by atoms with van der Waals surface area (Å²) in [6.07, 6.45) is -4.91. The summed E-state index contributed by atoms with van der Waals surface area (Å²) in [5.74, 6) is -3.24. The highest BCUT2D eigenvalue weighted by atomic mass is 19.4. The molecule has 1 heterocycles. The zero-order valence-electron chi connectivity index (χ0n) is 17.6. The van der Waals surface area contributed by atoms with Crippen molar-refractivity contribution < 1.29 is 37.5 Å². The van der Waals surface area contributed by atoms with Crippen molar-refractivity contribution in [2.24, 2.45) is 0 Å². The predicted molar refractivity (Wildman–Crippen MR) is 117 cm³/mol. The standard InChI is InChI=1S/C24H15F3N2O6/c25-24(26,27)35-18-11-9-16(10-12-18)28-20(14-5-2-1-3-6-14)19(22(31)23(28)32)21(30)15-7-4-8-17(13-15)29(33)34/h1-13,20,30H/b21-19-. The molecule has 11 heteroatoms. The number of aliphatic hydroxyl groups excluding tert-OH is 1. The van der Waals surface area contributed by atoms with Crippen LogP contribution in [0, 0.1) is 10.1 Å². The summed E-state index contributed by atoms with van der Waals surface area (Å²) in [6.45, 7) is 0. The molecule has 8 nitrogen and oxygen atoms in total. The van der Waals surface area contributed by atoms with Gasteiger partial charge in [0.05, 0.1) is 16.5 Å². The lowest BCUT2D eigenvalue weighted by molar-refractivity contribution is -0.384. The molecule has 178 valence electrons. The summed E-state index contributed by atoms with van der Waals surface area (Å²) in [7, 11) is 0. The van der Waals surface area contributed by atoms with Gasteiger partial charge in [0.1, 0.15) is 11.5 Å². The normalized spacial score (nSPS) is 17.5. The molecule has 0 saturated carbocycles. The third kappa shape index (κ3) is 4.69. The number of nitrogens with zero attached hydrogens (tertiary/aromatic N) is 2. The molecule has 1 saturated heterocycles. The number of nitro benzene ring substituents is 1. The van der Waals surface area contributed by atoms with E-state index >= 15 is 0 Å². The highest BCUT2D eigenvalue weighted by molar-refractivity contribution is 6.51. The summed E-state index contributed by atoms with van der Waals surface area (Å²) in [5, 5.41) is 22.1. The Labute approximate surface area is 195 Å². The van der Waals surface area contributed by atoms with Crippen molar-refractivity contribution in [3.8, 4) is 5.75 Å². The Morgan fingerprint density at radius 2 is 1.63 bits per heavy atom. The number of aliphatic hydroxyl groups is 1. The van der Waals surface area contributed by atoms with E-state index in [4.69, 9.17) is 0 Å². The fraction of sp³-hybridized carbons (Fsp3) is 0.0833. The molecule has 0 aliphatic carbocycles. The number of carbonyl (C=O) groups excluding carboxylic acids is 2. The maximum Gasteiger partial charge on any atom is 0.573 e. The van der Waals surface area contributed by atoms with Crippen molar-refractivity contribution in [2.45, 2.75) is 12.4 Å². The smallest absolute Gasteiger partial charge is 0.507 e. The van der Waals surface area contributed by atoms with Gasteiger partial charge >= 0.3 is 6.36 Å². The van der Waals surface area contributed by atoms with Crippen LogP contribution in [0.5, 0.6) is 5.75 Å². The van der Waals surface area contributed by atoms with Crippen molar-refractivity contribution in [1.29, 1.82) is 0 Å². The van der Waals surface area contributed by atoms with Gasteiger partial charge in [0.2, 0.25) is 0 Å². The first-order valence-electron chi connectivity index (χ1n) is 10.0. The molecule has 4 rings (SSSR count). The molecule has 35 heavy (non-hydrogen) atoms. The Bertz CT molecular complexity index is 1340. The van der Waals surface area contributed by atoms with E-state index in [1.54, 1.807) is 30.3 Å². The van der Waals surface area contributed by atoms with Gasteiger partial charge in [-0.1, -0.05) is 42.5 Å². The second-order valence-electron chi connectivity index (χ2n) is 7.43. The first kappa shape index (κ1) is 23.5. The van der Waals surface area contributed by atoms with Crippen LogP contribution in [-0.4, -0.2) is 28.1 Å². The molecule has 0 radical (unpaired) electrons. The third-order valence-corrected chi connectivity index (χ3v) is 5.24. The van der Waals surface area contributed by atoms with Gasteiger partial charge in [-0.15, -0.1) is 13.2 Å². The van der Waals surface area contributed by atoms with Crippen LogP contribution in [0.25, 0.3) is 5.76 Å². The number of ether oxygens (including phenoxy) is 1. The number of carbonyl (C=O) groups is 2. The average Bonchev–Trinajstić information content (AvgIpc) is 3.09. The molecular formula is C24H15F3N2O6. The lowest BCUT2D eigenvalue weighted by atomic mass is 9.95. The van der Waals surface area contributed by atoms with Crippen LogP contribution < -0.4 is 9.64 Å². The van der Waals surface area contributed by atoms with Crippen molar-refractivity contribution in [2.75, 3.05) is 4.90 Å². The maximum atomic E-state index is 13.0. The van der Waals surface area contributed by atoms with Gasteiger partial charge < -0.3 is 9.84 Å². The van der Waals surface area contributed by atoms with Crippen molar-refractivity contribution in [1.82, 2.24) is 0 Å². The number of Topliss-reactive ketones (excluding diaryl/α,β-unsaturated/α-hetero) is 1. The van der Waals surface area contributed by atoms with Crippen LogP contribution in [0.4, 0.5) is 24.5 Å². The van der Waals surface area contributed by atoms with E-state index in [2.05, 4.69) is 4.74 Å². The number of nitro groups is 1. The number of benzene rings is 3. The number of halogens is 3. The quantitative estimate of drug-likeness (QED) is 0.177. The van der Waals surface area contributed by atoms with Gasteiger partial charge in [-0.2, -0.15) is 0 Å². The maximum absolute atomic E-state index is 13.0. The van der Waals surface area contributed by atoms with E-state index in [0.717, 1.165) is 23.1 Å². The molecule has 1 amide bonds. The number of amides is 1. The number of hydrogen-bond acceptors (Lipinski definition) is 6. The van der Waals surface area contributed by atoms with Crippen molar-refractivity contribution in [3.63, 3.8) is 0 Å². The van der Waals surface area contributed by atoms with E-state index in [0.29, 0.717) is 5.56 Å². The van der Waals surface area contributed by atoms with Crippen LogP contribution in [0.2, 0.25) is 0 Å². The van der Waals surface area contributed by atoms with E-state index in [1.807, 2.05) is 0 Å². The molecular weight excluding hydrogens is 469 g/mol. The zero-order valence-corrected chi connectivity index (χ0v) is 17.6. The summed E-state index contributed by atoms with van der Waals surface area (Å²) < 4.78 is 41.4. The van der Waals surface area contributed by atoms with Gasteiger partial charge in [-0.25, -0.2) is 0 Å². The fourth-order valence-corrected chi connectivity index (χ4v) is 3.78. The first-order chi connectivity index (χ1) is 16.6. The zero-order chi connectivity index (χ0) is 25.3. The summed E-state index contributed by atoms with van der Waals surface area (Å²) in [6, 6.07) is 16.3. The fourth-order valence-electron chi connectivity index (χ4n) is 3.78. The Kier molecular flexibility index (Phi) is 6.00. The number of non-ortho nitro benzene ring substituents is 1. The Balaban J connectivity index is 1.85. The predicted octanol–water partition coefficient (Wildman–Crippen LogP) is 5.12. The van der Waals surface area contributed by atoms with Crippen molar-refractivity contribution in [3.05, 3.63) is 106 Å². The van der Waals surface area contributed by atoms with Gasteiger partial charge in [0, 0.05) is 23.4 Å². The minimum absolute atomic E-state index is 0.0490. The Morgan fingerprint density at radius 3 is 2.23 bits per heavy atom. The molecule has 1 aliphatic rings. The van der Waals surface area contributed by atoms with Gasteiger partial charge in [0.25, 0.3) is 17.4 Å². The highest BCUT2D eigenvalue weighted by Gasteiger charge is 2.47. The second kappa shape index (κ2) is 8.93. The average molecular weight is 484 g/mol. The topological polar surface area (TPSA) is 110 Å². The third-order valence-electron chi connectivity index (χ3n) is 5.24. The summed E-state index contributed by atoms with van der Waals surface area (Å²) in [5.41, 5.74) is -0.202. The molecule has 1 unspecified atom stereocenters. The minimum Gasteiger partial charge on any atom is -0.507 e. The molecule has 3 aromatic carbocycles. The number of hydrogen-bond donors (Lipinski definition) is 1. The van der Waals surface area contributed by atoms with Crippen LogP contribution in [0.3, 0.4) is 0 Å². The van der Waals surface area contributed by atoms with Gasteiger partial charge in [-0.3, -0.25) is 24.6 Å². The number of anilines is 1. The first-order valence-corrected chi connectivity index (χ1v) is 10.0. The molecule has 1 atom stereocenters. The highest BCUT2D eigenvalue weighted by Crippen LogP contribution is 2.42. The number of rotatable bonds is 5. The molecule has 1 N–H and O–H groups in total. The van der Waals surface area contributed by atoms with E-state index in [9.17, 15) is 38.0 Å². The molecule has 0 spiro atoms.